The Kier molecular flexibility index (Phi) is 3.73. The number of nitrogens with zero attached hydrogens (tertiary/aromatic N) is 1. The van der Waals surface area contributed by atoms with Crippen molar-refractivity contribution in [2.75, 3.05) is 0 Å². The molecule has 0 saturated carbocycles. The normalized spacial score (nSPS) is 32.2. The molecule has 1 aromatic rings. The summed E-state index contributed by atoms with van der Waals surface area (Å²) >= 11 is 0. The zero-order valence-corrected chi connectivity index (χ0v) is 14.0. The van der Waals surface area contributed by atoms with Crippen molar-refractivity contribution in [2.45, 2.75) is 51.2 Å². The fourth-order valence-electron chi connectivity index (χ4n) is 4.97. The van der Waals surface area contributed by atoms with E-state index in [1.807, 2.05) is 30.3 Å². The monoisotopic (exact) mass is 307 g/mol. The van der Waals surface area contributed by atoms with Crippen molar-refractivity contribution in [3.63, 3.8) is 0 Å². The van der Waals surface area contributed by atoms with Crippen molar-refractivity contribution >= 4 is 5.78 Å². The summed E-state index contributed by atoms with van der Waals surface area (Å²) in [7, 11) is 0. The molecule has 4 rings (SSSR count). The highest BCUT2D eigenvalue weighted by atomic mass is 16.1. The first-order valence-corrected chi connectivity index (χ1v) is 8.90. The summed E-state index contributed by atoms with van der Waals surface area (Å²) in [6, 6.07) is 12.0. The molecule has 1 aromatic carbocycles. The number of rotatable bonds is 4. The van der Waals surface area contributed by atoms with Gasteiger partial charge in [0.2, 0.25) is 0 Å². The van der Waals surface area contributed by atoms with Gasteiger partial charge in [-0.25, -0.2) is 0 Å². The highest BCUT2D eigenvalue weighted by Gasteiger charge is 2.52. The average Bonchev–Trinajstić information content (AvgIpc) is 3.12. The van der Waals surface area contributed by atoms with Crippen LogP contribution >= 0.6 is 0 Å². The molecule has 2 saturated heterocycles. The lowest BCUT2D eigenvalue weighted by Crippen LogP contribution is -2.36. The van der Waals surface area contributed by atoms with Gasteiger partial charge in [-0.15, -0.1) is 0 Å². The van der Waals surface area contributed by atoms with Gasteiger partial charge in [0.1, 0.15) is 0 Å². The van der Waals surface area contributed by atoms with Gasteiger partial charge in [-0.2, -0.15) is 0 Å². The highest BCUT2D eigenvalue weighted by Crippen LogP contribution is 2.49. The van der Waals surface area contributed by atoms with Crippen LogP contribution in [0.4, 0.5) is 0 Å². The van der Waals surface area contributed by atoms with Crippen molar-refractivity contribution < 1.29 is 4.79 Å². The van der Waals surface area contributed by atoms with Crippen LogP contribution in [0.3, 0.4) is 0 Å². The van der Waals surface area contributed by atoms with Gasteiger partial charge in [0, 0.05) is 42.0 Å². The third kappa shape index (κ3) is 2.49. The van der Waals surface area contributed by atoms with Crippen LogP contribution in [0.15, 0.2) is 54.1 Å². The van der Waals surface area contributed by atoms with E-state index < -0.39 is 0 Å². The Bertz CT molecular complexity index is 658. The number of ketones is 1. The summed E-state index contributed by atoms with van der Waals surface area (Å²) in [5.41, 5.74) is 2.03. The number of allylic oxidation sites excluding steroid dienone is 2. The first-order valence-electron chi connectivity index (χ1n) is 8.90. The van der Waals surface area contributed by atoms with Gasteiger partial charge in [-0.1, -0.05) is 48.6 Å². The number of hydrogen-bond acceptors (Lipinski definition) is 2. The number of benzene rings is 1. The molecular weight excluding hydrogens is 282 g/mol. The Labute approximate surface area is 138 Å². The molecule has 0 amide bonds. The quantitative estimate of drug-likeness (QED) is 0.843. The second kappa shape index (κ2) is 5.76. The van der Waals surface area contributed by atoms with E-state index >= 15 is 0 Å². The summed E-state index contributed by atoms with van der Waals surface area (Å²) in [5, 5.41) is 0. The first-order chi connectivity index (χ1) is 11.1. The van der Waals surface area contributed by atoms with Crippen molar-refractivity contribution in [3.8, 4) is 0 Å². The molecule has 4 atom stereocenters. The van der Waals surface area contributed by atoms with Crippen LogP contribution in [-0.2, 0) is 11.2 Å². The Balaban J connectivity index is 1.54. The van der Waals surface area contributed by atoms with Gasteiger partial charge in [-0.3, -0.25) is 9.69 Å². The molecule has 2 fully saturated rings. The lowest BCUT2D eigenvalue weighted by atomic mass is 9.75. The van der Waals surface area contributed by atoms with Crippen molar-refractivity contribution in [2.24, 2.45) is 11.8 Å². The number of Topliss-reactive ketones (excluding diaryl/α,β-unsaturated/α-hetero) is 1. The smallest absolute Gasteiger partial charge is 0.166 e. The van der Waals surface area contributed by atoms with Crippen LogP contribution in [0.25, 0.3) is 0 Å². The maximum atomic E-state index is 12.6. The van der Waals surface area contributed by atoms with Crippen LogP contribution in [0, 0.1) is 11.8 Å². The third-order valence-electron chi connectivity index (χ3n) is 5.85. The second-order valence-corrected chi connectivity index (χ2v) is 7.47. The average molecular weight is 307 g/mol. The van der Waals surface area contributed by atoms with Crippen molar-refractivity contribution in [3.05, 3.63) is 59.7 Å². The molecule has 1 aliphatic carbocycles. The lowest BCUT2D eigenvalue weighted by molar-refractivity contribution is -0.114. The maximum Gasteiger partial charge on any atom is 0.166 e. The van der Waals surface area contributed by atoms with Crippen LogP contribution in [0.1, 0.15) is 32.3 Å². The predicted octanol–water partition coefficient (Wildman–Crippen LogP) is 3.78. The van der Waals surface area contributed by atoms with Gasteiger partial charge in [0.05, 0.1) is 0 Å². The summed E-state index contributed by atoms with van der Waals surface area (Å²) in [5.74, 6) is 1.41. The van der Waals surface area contributed by atoms with E-state index in [1.54, 1.807) is 0 Å². The molecule has 2 heteroatoms. The van der Waals surface area contributed by atoms with Crippen molar-refractivity contribution in [1.82, 2.24) is 4.90 Å². The fraction of sp³-hybridized carbons (Fsp3) is 0.476. The fourth-order valence-corrected chi connectivity index (χ4v) is 4.97. The van der Waals surface area contributed by atoms with E-state index in [9.17, 15) is 4.79 Å². The molecule has 2 aliphatic heterocycles. The van der Waals surface area contributed by atoms with Gasteiger partial charge in [0.25, 0.3) is 0 Å². The molecule has 2 bridgehead atoms. The molecule has 0 radical (unpaired) electrons. The second-order valence-electron chi connectivity index (χ2n) is 7.47. The lowest BCUT2D eigenvalue weighted by Gasteiger charge is -2.28. The summed E-state index contributed by atoms with van der Waals surface area (Å²) in [6.07, 6.45) is 9.81. The van der Waals surface area contributed by atoms with Gasteiger partial charge >= 0.3 is 0 Å². The molecule has 0 aromatic heterocycles. The minimum absolute atomic E-state index is 0.254. The summed E-state index contributed by atoms with van der Waals surface area (Å²) in [6.45, 7) is 4.61. The maximum absolute atomic E-state index is 12.6. The summed E-state index contributed by atoms with van der Waals surface area (Å²) in [4.78, 5) is 15.3. The minimum Gasteiger partial charge on any atom is -0.294 e. The predicted molar refractivity (Wildman–Crippen MR) is 93.1 cm³/mol. The van der Waals surface area contributed by atoms with E-state index in [2.05, 4.69) is 37.0 Å². The standard InChI is InChI=1S/C21H25NO/c1-14(2)22-19-10-11-20(22)18-13-16(8-9-17(18)19)21(23)12-15-6-4-3-5-7-15/h3-9,13-14,17-20H,10-12H2,1-2H3/t17?,18?,19-,20+/m0/s1. The third-order valence-corrected chi connectivity index (χ3v) is 5.85. The molecule has 120 valence electrons. The molecule has 0 spiro atoms. The Morgan fingerprint density at radius 1 is 1.13 bits per heavy atom. The molecule has 3 aliphatic rings. The van der Waals surface area contributed by atoms with Crippen LogP contribution in [0.2, 0.25) is 0 Å². The Hall–Kier alpha value is -1.67. The number of hydrogen-bond donors (Lipinski definition) is 0. The van der Waals surface area contributed by atoms with Crippen LogP contribution in [-0.4, -0.2) is 28.8 Å². The van der Waals surface area contributed by atoms with E-state index in [0.717, 1.165) is 11.1 Å². The van der Waals surface area contributed by atoms with E-state index in [4.69, 9.17) is 0 Å². The summed E-state index contributed by atoms with van der Waals surface area (Å²) < 4.78 is 0. The molecule has 2 unspecified atom stereocenters. The van der Waals surface area contributed by atoms with E-state index in [1.165, 1.54) is 12.8 Å². The minimum atomic E-state index is 0.254. The topological polar surface area (TPSA) is 20.3 Å². The van der Waals surface area contributed by atoms with E-state index in [-0.39, 0.29) is 5.78 Å². The molecule has 2 heterocycles. The number of carbonyl (C=O) groups excluding carboxylic acids is 1. The molecule has 0 N–H and O–H groups in total. The first kappa shape index (κ1) is 14.9. The SMILES string of the molecule is CC(C)N1[C@@H]2CC[C@H]1C1C=CC(C(=O)Cc3ccccc3)=CC12. The zero-order chi connectivity index (χ0) is 16.0. The van der Waals surface area contributed by atoms with Gasteiger partial charge < -0.3 is 0 Å². The Morgan fingerprint density at radius 2 is 1.83 bits per heavy atom. The highest BCUT2D eigenvalue weighted by molar-refractivity contribution is 5.99. The van der Waals surface area contributed by atoms with E-state index in [0.29, 0.717) is 36.4 Å². The van der Waals surface area contributed by atoms with Gasteiger partial charge in [-0.05, 0) is 32.3 Å². The molecular formula is C21H25NO. The number of carbonyl (C=O) groups is 1. The molecule has 2 nitrogen and oxygen atoms in total. The zero-order valence-electron chi connectivity index (χ0n) is 14.0. The van der Waals surface area contributed by atoms with Crippen molar-refractivity contribution in [1.29, 1.82) is 0 Å². The van der Waals surface area contributed by atoms with Crippen LogP contribution < -0.4 is 0 Å². The Morgan fingerprint density at radius 3 is 2.52 bits per heavy atom. The van der Waals surface area contributed by atoms with Crippen LogP contribution in [0.5, 0.6) is 0 Å². The largest absolute Gasteiger partial charge is 0.294 e. The number of fused-ring (bicyclic) bond motifs is 5. The van der Waals surface area contributed by atoms with Gasteiger partial charge in [0.15, 0.2) is 5.78 Å². The molecule has 23 heavy (non-hydrogen) atoms.